The zero-order valence-electron chi connectivity index (χ0n) is 11.9. The quantitative estimate of drug-likeness (QED) is 0.746. The summed E-state index contributed by atoms with van der Waals surface area (Å²) < 4.78 is 5.82. The summed E-state index contributed by atoms with van der Waals surface area (Å²) >= 11 is 0. The second-order valence-corrected chi connectivity index (χ2v) is 5.27. The highest BCUT2D eigenvalue weighted by Gasteiger charge is 2.07. The predicted octanol–water partition coefficient (Wildman–Crippen LogP) is 4.59. The van der Waals surface area contributed by atoms with E-state index in [1.165, 1.54) is 11.1 Å². The average Bonchev–Trinajstić information content (AvgIpc) is 2.87. The zero-order chi connectivity index (χ0) is 13.9. The van der Waals surface area contributed by atoms with Gasteiger partial charge in [0, 0.05) is 11.4 Å². The molecular formula is C18H19NO. The molecular weight excluding hydrogens is 246 g/mol. The van der Waals surface area contributed by atoms with Crippen molar-refractivity contribution in [3.05, 3.63) is 71.5 Å². The van der Waals surface area contributed by atoms with Crippen molar-refractivity contribution >= 4 is 11.0 Å². The van der Waals surface area contributed by atoms with Gasteiger partial charge in [-0.1, -0.05) is 48.0 Å². The topological polar surface area (TPSA) is 25.2 Å². The van der Waals surface area contributed by atoms with Gasteiger partial charge in [-0.3, -0.25) is 0 Å². The molecule has 3 rings (SSSR count). The van der Waals surface area contributed by atoms with E-state index in [2.05, 4.69) is 55.6 Å². The molecule has 0 aliphatic rings. The highest BCUT2D eigenvalue weighted by atomic mass is 16.3. The van der Waals surface area contributed by atoms with Crippen LogP contribution >= 0.6 is 0 Å². The maximum absolute atomic E-state index is 5.82. The molecule has 0 bridgehead atoms. The number of aryl methyl sites for hydroxylation is 1. The van der Waals surface area contributed by atoms with Gasteiger partial charge in [0.15, 0.2) is 0 Å². The van der Waals surface area contributed by atoms with Gasteiger partial charge in [-0.2, -0.15) is 0 Å². The Hall–Kier alpha value is -2.06. The normalized spacial score (nSPS) is 12.7. The van der Waals surface area contributed by atoms with Crippen LogP contribution in [0.2, 0.25) is 0 Å². The number of hydrogen-bond acceptors (Lipinski definition) is 2. The minimum Gasteiger partial charge on any atom is -0.460 e. The molecule has 0 radical (unpaired) electrons. The third-order valence-electron chi connectivity index (χ3n) is 3.60. The third-order valence-corrected chi connectivity index (χ3v) is 3.60. The number of para-hydroxylation sites is 1. The molecule has 1 heterocycles. The van der Waals surface area contributed by atoms with Crippen molar-refractivity contribution in [2.45, 2.75) is 26.4 Å². The fourth-order valence-corrected chi connectivity index (χ4v) is 2.43. The first-order chi connectivity index (χ1) is 9.72. The molecule has 2 aromatic carbocycles. The van der Waals surface area contributed by atoms with Gasteiger partial charge in [0.2, 0.25) is 0 Å². The lowest BCUT2D eigenvalue weighted by Gasteiger charge is -2.13. The first-order valence-electron chi connectivity index (χ1n) is 7.00. The van der Waals surface area contributed by atoms with Crippen LogP contribution < -0.4 is 5.32 Å². The lowest BCUT2D eigenvalue weighted by atomic mass is 10.1. The number of hydrogen-bond donors (Lipinski definition) is 1. The van der Waals surface area contributed by atoms with E-state index >= 15 is 0 Å². The van der Waals surface area contributed by atoms with Crippen molar-refractivity contribution in [1.82, 2.24) is 5.32 Å². The molecule has 2 nitrogen and oxygen atoms in total. The maximum Gasteiger partial charge on any atom is 0.134 e. The van der Waals surface area contributed by atoms with Crippen molar-refractivity contribution in [1.29, 1.82) is 0 Å². The molecule has 0 saturated carbocycles. The predicted molar refractivity (Wildman–Crippen MR) is 82.6 cm³/mol. The third kappa shape index (κ3) is 2.75. The minimum atomic E-state index is 0.308. The number of benzene rings is 2. The minimum absolute atomic E-state index is 0.308. The molecule has 1 aromatic heterocycles. The van der Waals surface area contributed by atoms with Gasteiger partial charge in [0.1, 0.15) is 11.3 Å². The summed E-state index contributed by atoms with van der Waals surface area (Å²) in [7, 11) is 0. The number of rotatable bonds is 4. The van der Waals surface area contributed by atoms with Crippen LogP contribution in [-0.4, -0.2) is 0 Å². The van der Waals surface area contributed by atoms with Crippen LogP contribution in [0.3, 0.4) is 0 Å². The molecule has 0 amide bonds. The summed E-state index contributed by atoms with van der Waals surface area (Å²) in [6.45, 7) is 5.04. The van der Waals surface area contributed by atoms with E-state index in [-0.39, 0.29) is 0 Å². The fraction of sp³-hybridized carbons (Fsp3) is 0.222. The van der Waals surface area contributed by atoms with Crippen LogP contribution in [0.1, 0.15) is 29.9 Å². The molecule has 0 spiro atoms. The summed E-state index contributed by atoms with van der Waals surface area (Å²) in [6.07, 6.45) is 0. The summed E-state index contributed by atoms with van der Waals surface area (Å²) in [5.74, 6) is 0.978. The van der Waals surface area contributed by atoms with Crippen molar-refractivity contribution in [2.24, 2.45) is 0 Å². The summed E-state index contributed by atoms with van der Waals surface area (Å²) in [6, 6.07) is 19.1. The molecule has 1 atom stereocenters. The second-order valence-electron chi connectivity index (χ2n) is 5.27. The van der Waals surface area contributed by atoms with Gasteiger partial charge >= 0.3 is 0 Å². The van der Waals surface area contributed by atoms with Crippen molar-refractivity contribution in [3.8, 4) is 0 Å². The lowest BCUT2D eigenvalue weighted by Crippen LogP contribution is -2.17. The second kappa shape index (κ2) is 5.51. The Balaban J connectivity index is 1.69. The van der Waals surface area contributed by atoms with Gasteiger partial charge < -0.3 is 9.73 Å². The van der Waals surface area contributed by atoms with E-state index in [0.29, 0.717) is 6.04 Å². The smallest absolute Gasteiger partial charge is 0.134 e. The van der Waals surface area contributed by atoms with E-state index in [1.54, 1.807) is 0 Å². The summed E-state index contributed by atoms with van der Waals surface area (Å²) in [5.41, 5.74) is 3.55. The number of furan rings is 1. The lowest BCUT2D eigenvalue weighted by molar-refractivity contribution is 0.482. The van der Waals surface area contributed by atoms with E-state index in [4.69, 9.17) is 4.42 Å². The highest BCUT2D eigenvalue weighted by molar-refractivity contribution is 5.77. The van der Waals surface area contributed by atoms with Crippen LogP contribution in [0.4, 0.5) is 0 Å². The van der Waals surface area contributed by atoms with Gasteiger partial charge in [0.05, 0.1) is 6.54 Å². The van der Waals surface area contributed by atoms with E-state index in [0.717, 1.165) is 23.3 Å². The Morgan fingerprint density at radius 3 is 2.70 bits per heavy atom. The number of fused-ring (bicyclic) bond motifs is 1. The molecule has 0 unspecified atom stereocenters. The first-order valence-corrected chi connectivity index (χ1v) is 7.00. The monoisotopic (exact) mass is 265 g/mol. The molecule has 0 fully saturated rings. The van der Waals surface area contributed by atoms with Crippen LogP contribution in [-0.2, 0) is 6.54 Å². The van der Waals surface area contributed by atoms with Gasteiger partial charge in [-0.05, 0) is 31.5 Å². The first kappa shape index (κ1) is 12.9. The van der Waals surface area contributed by atoms with E-state index < -0.39 is 0 Å². The SMILES string of the molecule is Cc1cccc([C@@H](C)NCc2cc3ccccc3o2)c1. The number of nitrogens with one attached hydrogen (secondary N) is 1. The van der Waals surface area contributed by atoms with Crippen LogP contribution in [0.15, 0.2) is 59.0 Å². The average molecular weight is 265 g/mol. The summed E-state index contributed by atoms with van der Waals surface area (Å²) in [5, 5.41) is 4.67. The van der Waals surface area contributed by atoms with Gasteiger partial charge in [-0.15, -0.1) is 0 Å². The summed E-state index contributed by atoms with van der Waals surface area (Å²) in [4.78, 5) is 0. The van der Waals surface area contributed by atoms with E-state index in [1.807, 2.05) is 18.2 Å². The maximum atomic E-state index is 5.82. The Kier molecular flexibility index (Phi) is 3.57. The van der Waals surface area contributed by atoms with Crippen LogP contribution in [0.25, 0.3) is 11.0 Å². The Labute approximate surface area is 119 Å². The molecule has 0 aliphatic heterocycles. The van der Waals surface area contributed by atoms with E-state index in [9.17, 15) is 0 Å². The standard InChI is InChI=1S/C18H19NO/c1-13-6-5-8-15(10-13)14(2)19-12-17-11-16-7-3-4-9-18(16)20-17/h3-11,14,19H,12H2,1-2H3/t14-/m1/s1. The molecule has 2 heteroatoms. The largest absolute Gasteiger partial charge is 0.460 e. The molecule has 1 N–H and O–H groups in total. The van der Waals surface area contributed by atoms with Crippen molar-refractivity contribution in [2.75, 3.05) is 0 Å². The Morgan fingerprint density at radius 2 is 1.90 bits per heavy atom. The fourth-order valence-electron chi connectivity index (χ4n) is 2.43. The Morgan fingerprint density at radius 1 is 1.05 bits per heavy atom. The highest BCUT2D eigenvalue weighted by Crippen LogP contribution is 2.20. The molecule has 3 aromatic rings. The van der Waals surface area contributed by atoms with Gasteiger partial charge in [-0.25, -0.2) is 0 Å². The molecule has 0 aliphatic carbocycles. The molecule has 0 saturated heterocycles. The van der Waals surface area contributed by atoms with Crippen molar-refractivity contribution < 1.29 is 4.42 Å². The Bertz CT molecular complexity index is 681. The molecule has 20 heavy (non-hydrogen) atoms. The van der Waals surface area contributed by atoms with Gasteiger partial charge in [0.25, 0.3) is 0 Å². The van der Waals surface area contributed by atoms with Crippen molar-refractivity contribution in [3.63, 3.8) is 0 Å². The zero-order valence-corrected chi connectivity index (χ0v) is 11.9. The van der Waals surface area contributed by atoms with Crippen LogP contribution in [0, 0.1) is 6.92 Å². The van der Waals surface area contributed by atoms with Crippen LogP contribution in [0.5, 0.6) is 0 Å². The molecule has 102 valence electrons.